The fourth-order valence-electron chi connectivity index (χ4n) is 2.97. The van der Waals surface area contributed by atoms with E-state index in [1.54, 1.807) is 0 Å². The first-order valence-corrected chi connectivity index (χ1v) is 7.96. The highest BCUT2D eigenvalue weighted by Crippen LogP contribution is 2.38. The second-order valence-electron chi connectivity index (χ2n) is 6.32. The molecule has 0 aromatic carbocycles. The molecular weight excluding hydrogens is 286 g/mol. The molecule has 7 heteroatoms. The summed E-state index contributed by atoms with van der Waals surface area (Å²) in [5, 5.41) is 16.1. The minimum atomic E-state index is -1.09. The number of aromatic nitrogens is 2. The maximum atomic E-state index is 12.1. The van der Waals surface area contributed by atoms with Gasteiger partial charge in [0.25, 0.3) is 0 Å². The maximum absolute atomic E-state index is 12.1. The molecule has 0 saturated heterocycles. The summed E-state index contributed by atoms with van der Waals surface area (Å²) in [4.78, 5) is 27.9. The molecule has 7 nitrogen and oxygen atoms in total. The van der Waals surface area contributed by atoms with E-state index in [2.05, 4.69) is 15.5 Å². The normalized spacial score (nSPS) is 20.5. The number of carbonyl (C=O) groups is 2. The summed E-state index contributed by atoms with van der Waals surface area (Å²) < 4.78 is 5.12. The Morgan fingerprint density at radius 1 is 1.27 bits per heavy atom. The minimum absolute atomic E-state index is 0.168. The lowest BCUT2D eigenvalue weighted by Gasteiger charge is -2.33. The van der Waals surface area contributed by atoms with E-state index in [9.17, 15) is 14.7 Å². The van der Waals surface area contributed by atoms with Crippen LogP contribution in [0.4, 0.5) is 0 Å². The Hall–Kier alpha value is -1.92. The van der Waals surface area contributed by atoms with Gasteiger partial charge in [-0.2, -0.15) is 4.98 Å². The second-order valence-corrected chi connectivity index (χ2v) is 6.32. The van der Waals surface area contributed by atoms with Gasteiger partial charge in [-0.3, -0.25) is 4.79 Å². The molecule has 1 amide bonds. The zero-order valence-electron chi connectivity index (χ0n) is 12.5. The molecule has 1 aromatic heterocycles. The average Bonchev–Trinajstić information content (AvgIpc) is 3.25. The number of carboxylic acid groups (broad SMARTS) is 1. The molecule has 2 fully saturated rings. The molecule has 0 radical (unpaired) electrons. The fraction of sp³-hybridized carbons (Fsp3) is 0.733. The van der Waals surface area contributed by atoms with Crippen LogP contribution in [0.1, 0.15) is 69.0 Å². The number of amides is 1. The topological polar surface area (TPSA) is 105 Å². The third-order valence-electron chi connectivity index (χ3n) is 4.49. The Morgan fingerprint density at radius 2 is 2.00 bits per heavy atom. The quantitative estimate of drug-likeness (QED) is 0.830. The highest BCUT2D eigenvalue weighted by Gasteiger charge is 2.40. The van der Waals surface area contributed by atoms with Gasteiger partial charge < -0.3 is 14.9 Å². The van der Waals surface area contributed by atoms with E-state index in [0.29, 0.717) is 31.1 Å². The fourth-order valence-corrected chi connectivity index (χ4v) is 2.97. The van der Waals surface area contributed by atoms with Crippen molar-refractivity contribution < 1.29 is 19.2 Å². The number of aliphatic carboxylic acids is 1. The van der Waals surface area contributed by atoms with Crippen molar-refractivity contribution in [1.29, 1.82) is 0 Å². The van der Waals surface area contributed by atoms with Gasteiger partial charge >= 0.3 is 5.97 Å². The first-order valence-electron chi connectivity index (χ1n) is 7.96. The largest absolute Gasteiger partial charge is 0.480 e. The first kappa shape index (κ1) is 15.0. The van der Waals surface area contributed by atoms with Crippen LogP contribution in [0.15, 0.2) is 4.52 Å². The number of hydrogen-bond acceptors (Lipinski definition) is 5. The summed E-state index contributed by atoms with van der Waals surface area (Å²) in [6.45, 7) is 0. The predicted octanol–water partition coefficient (Wildman–Crippen LogP) is 1.78. The smallest absolute Gasteiger partial charge is 0.329 e. The van der Waals surface area contributed by atoms with E-state index < -0.39 is 11.5 Å². The first-order chi connectivity index (χ1) is 10.6. The van der Waals surface area contributed by atoms with Crippen molar-refractivity contribution in [2.75, 3.05) is 0 Å². The van der Waals surface area contributed by atoms with Crippen molar-refractivity contribution in [3.8, 4) is 0 Å². The van der Waals surface area contributed by atoms with E-state index in [4.69, 9.17) is 4.52 Å². The van der Waals surface area contributed by atoms with Crippen LogP contribution in [0, 0.1) is 0 Å². The van der Waals surface area contributed by atoms with Gasteiger partial charge in [-0.1, -0.05) is 24.4 Å². The van der Waals surface area contributed by atoms with E-state index in [0.717, 1.165) is 37.9 Å². The molecule has 2 N–H and O–H groups in total. The number of hydrogen-bond donors (Lipinski definition) is 2. The van der Waals surface area contributed by atoms with E-state index >= 15 is 0 Å². The van der Waals surface area contributed by atoms with Crippen molar-refractivity contribution >= 4 is 11.9 Å². The molecule has 2 aliphatic rings. The molecule has 1 aromatic rings. The molecule has 0 aliphatic heterocycles. The minimum Gasteiger partial charge on any atom is -0.480 e. The third-order valence-corrected chi connectivity index (χ3v) is 4.49. The van der Waals surface area contributed by atoms with E-state index in [-0.39, 0.29) is 12.3 Å². The number of rotatable bonds is 6. The van der Waals surface area contributed by atoms with Gasteiger partial charge in [0, 0.05) is 18.8 Å². The standard InChI is InChI=1S/C15H21N3O4/c19-11(17-15(14(20)21)8-2-1-3-9-15)6-7-12-16-13(18-22-12)10-4-5-10/h10H,1-9H2,(H,17,19)(H,20,21). The lowest BCUT2D eigenvalue weighted by Crippen LogP contribution is -2.55. The highest BCUT2D eigenvalue weighted by atomic mass is 16.5. The van der Waals surface area contributed by atoms with Crippen LogP contribution < -0.4 is 5.32 Å². The zero-order chi connectivity index (χ0) is 15.6. The molecule has 2 aliphatic carbocycles. The van der Waals surface area contributed by atoms with Crippen LogP contribution in [0.25, 0.3) is 0 Å². The van der Waals surface area contributed by atoms with Crippen molar-refractivity contribution in [3.05, 3.63) is 11.7 Å². The summed E-state index contributed by atoms with van der Waals surface area (Å²) >= 11 is 0. The monoisotopic (exact) mass is 307 g/mol. The van der Waals surface area contributed by atoms with Crippen LogP contribution >= 0.6 is 0 Å². The molecule has 2 saturated carbocycles. The Bertz CT molecular complexity index is 559. The number of nitrogens with zero attached hydrogens (tertiary/aromatic N) is 2. The Morgan fingerprint density at radius 3 is 2.64 bits per heavy atom. The van der Waals surface area contributed by atoms with Crippen LogP contribution in [-0.2, 0) is 16.0 Å². The van der Waals surface area contributed by atoms with Crippen molar-refractivity contribution in [1.82, 2.24) is 15.5 Å². The molecule has 0 bridgehead atoms. The van der Waals surface area contributed by atoms with Crippen molar-refractivity contribution in [2.45, 2.75) is 69.2 Å². The van der Waals surface area contributed by atoms with Gasteiger partial charge in [-0.05, 0) is 25.7 Å². The van der Waals surface area contributed by atoms with Gasteiger partial charge in [0.05, 0.1) is 0 Å². The SMILES string of the molecule is O=C(CCc1nc(C2CC2)no1)NC1(C(=O)O)CCCCC1. The highest BCUT2D eigenvalue weighted by molar-refractivity contribution is 5.87. The molecule has 0 unspecified atom stereocenters. The van der Waals surface area contributed by atoms with Gasteiger partial charge in [-0.15, -0.1) is 0 Å². The van der Waals surface area contributed by atoms with Crippen molar-refractivity contribution in [2.24, 2.45) is 0 Å². The lowest BCUT2D eigenvalue weighted by molar-refractivity contribution is -0.149. The maximum Gasteiger partial charge on any atom is 0.329 e. The Kier molecular flexibility index (Phi) is 4.13. The van der Waals surface area contributed by atoms with Crippen molar-refractivity contribution in [3.63, 3.8) is 0 Å². The number of aryl methyl sites for hydroxylation is 1. The molecule has 120 valence electrons. The molecular formula is C15H21N3O4. The van der Waals surface area contributed by atoms with Crippen LogP contribution in [-0.4, -0.2) is 32.7 Å². The predicted molar refractivity (Wildman–Crippen MR) is 76.2 cm³/mol. The van der Waals surface area contributed by atoms with Crippen LogP contribution in [0.5, 0.6) is 0 Å². The summed E-state index contributed by atoms with van der Waals surface area (Å²) in [6.07, 6.45) is 6.41. The Labute approximate surface area is 128 Å². The summed E-state index contributed by atoms with van der Waals surface area (Å²) in [6, 6.07) is 0. The molecule has 3 rings (SSSR count). The number of nitrogens with one attached hydrogen (secondary N) is 1. The van der Waals surface area contributed by atoms with Gasteiger partial charge in [0.1, 0.15) is 5.54 Å². The molecule has 22 heavy (non-hydrogen) atoms. The summed E-state index contributed by atoms with van der Waals surface area (Å²) in [7, 11) is 0. The van der Waals surface area contributed by atoms with E-state index in [1.807, 2.05) is 0 Å². The number of carbonyl (C=O) groups excluding carboxylic acids is 1. The third kappa shape index (κ3) is 3.28. The van der Waals surface area contributed by atoms with Gasteiger partial charge in [0.15, 0.2) is 5.82 Å². The summed E-state index contributed by atoms with van der Waals surface area (Å²) in [5.41, 5.74) is -1.09. The molecule has 0 atom stereocenters. The number of carboxylic acids is 1. The summed E-state index contributed by atoms with van der Waals surface area (Å²) in [5.74, 6) is 0.392. The zero-order valence-corrected chi connectivity index (χ0v) is 12.5. The Balaban J connectivity index is 1.53. The second kappa shape index (κ2) is 6.06. The lowest BCUT2D eigenvalue weighted by atomic mass is 9.81. The van der Waals surface area contributed by atoms with Gasteiger partial charge in [-0.25, -0.2) is 4.79 Å². The molecule has 1 heterocycles. The average molecular weight is 307 g/mol. The van der Waals surface area contributed by atoms with E-state index in [1.165, 1.54) is 0 Å². The van der Waals surface area contributed by atoms with Crippen LogP contribution in [0.3, 0.4) is 0 Å². The van der Waals surface area contributed by atoms with Crippen LogP contribution in [0.2, 0.25) is 0 Å². The molecule has 0 spiro atoms. The van der Waals surface area contributed by atoms with Gasteiger partial charge in [0.2, 0.25) is 11.8 Å².